The van der Waals surface area contributed by atoms with E-state index in [-0.39, 0.29) is 35.4 Å². The van der Waals surface area contributed by atoms with E-state index in [1.807, 2.05) is 0 Å². The number of carbonyl (C=O) groups is 2. The van der Waals surface area contributed by atoms with Crippen molar-refractivity contribution in [2.24, 2.45) is 0 Å². The van der Waals surface area contributed by atoms with Gasteiger partial charge >= 0.3 is 5.97 Å². The van der Waals surface area contributed by atoms with Crippen molar-refractivity contribution in [2.45, 2.75) is 19.3 Å². The first-order valence-electron chi connectivity index (χ1n) is 5.75. The third kappa shape index (κ3) is 4.48. The molecule has 0 atom stereocenters. The van der Waals surface area contributed by atoms with Crippen LogP contribution in [0.1, 0.15) is 29.8 Å². The highest BCUT2D eigenvalue weighted by molar-refractivity contribution is 6.32. The Balaban J connectivity index is 2.65. The molecule has 0 bridgehead atoms. The molecule has 0 saturated heterocycles. The number of nitrogens with zero attached hydrogens (tertiary/aromatic N) is 3. The van der Waals surface area contributed by atoms with Crippen molar-refractivity contribution in [1.82, 2.24) is 9.97 Å². The number of aromatic nitrogens is 2. The Morgan fingerprint density at radius 2 is 2.05 bits per heavy atom. The summed E-state index contributed by atoms with van der Waals surface area (Å²) in [6.07, 6.45) is 2.27. The molecule has 0 radical (unpaired) electrons. The highest BCUT2D eigenvalue weighted by Crippen LogP contribution is 2.17. The highest BCUT2D eigenvalue weighted by atomic mass is 35.5. The van der Waals surface area contributed by atoms with Crippen LogP contribution in [0.2, 0.25) is 5.15 Å². The first kappa shape index (κ1) is 15.4. The van der Waals surface area contributed by atoms with Crippen molar-refractivity contribution >= 4 is 29.2 Å². The Morgan fingerprint density at radius 3 is 2.58 bits per heavy atom. The molecule has 1 aromatic heterocycles. The summed E-state index contributed by atoms with van der Waals surface area (Å²) in [5.41, 5.74) is 0.136. The first-order chi connectivity index (χ1) is 8.95. The van der Waals surface area contributed by atoms with Crippen LogP contribution in [-0.2, 0) is 9.53 Å². The minimum atomic E-state index is -0.340. The zero-order valence-electron chi connectivity index (χ0n) is 11.1. The molecule has 7 heteroatoms. The minimum Gasteiger partial charge on any atom is -0.469 e. The standard InChI is InChI=1S/C12H16ClN3O3/c1-16(2)9-7-14-11(12(13)15-9)8(17)5-4-6-10(18)19-3/h7H,4-6H2,1-3H3. The number of halogens is 1. The van der Waals surface area contributed by atoms with Gasteiger partial charge < -0.3 is 9.64 Å². The molecule has 0 aliphatic rings. The quantitative estimate of drug-likeness (QED) is 0.585. The van der Waals surface area contributed by atoms with E-state index < -0.39 is 0 Å². The number of esters is 1. The molecule has 0 aliphatic heterocycles. The number of carbonyl (C=O) groups excluding carboxylic acids is 2. The number of hydrogen-bond acceptors (Lipinski definition) is 6. The van der Waals surface area contributed by atoms with Gasteiger partial charge in [-0.3, -0.25) is 9.59 Å². The van der Waals surface area contributed by atoms with Gasteiger partial charge in [0, 0.05) is 26.9 Å². The van der Waals surface area contributed by atoms with E-state index >= 15 is 0 Å². The monoisotopic (exact) mass is 285 g/mol. The van der Waals surface area contributed by atoms with Gasteiger partial charge in [0.15, 0.2) is 10.9 Å². The zero-order valence-corrected chi connectivity index (χ0v) is 11.9. The van der Waals surface area contributed by atoms with E-state index in [2.05, 4.69) is 14.7 Å². The molecular formula is C12H16ClN3O3. The summed E-state index contributed by atoms with van der Waals surface area (Å²) in [5.74, 6) is 0.00996. The normalized spacial score (nSPS) is 10.1. The van der Waals surface area contributed by atoms with Crippen molar-refractivity contribution in [2.75, 3.05) is 26.1 Å². The van der Waals surface area contributed by atoms with Crippen molar-refractivity contribution < 1.29 is 14.3 Å². The molecule has 0 saturated carbocycles. The molecule has 1 heterocycles. The SMILES string of the molecule is COC(=O)CCCC(=O)c1ncc(N(C)C)nc1Cl. The summed E-state index contributed by atoms with van der Waals surface area (Å²) < 4.78 is 4.49. The van der Waals surface area contributed by atoms with Crippen LogP contribution in [-0.4, -0.2) is 42.9 Å². The zero-order chi connectivity index (χ0) is 14.4. The van der Waals surface area contributed by atoms with Gasteiger partial charge in [-0.25, -0.2) is 9.97 Å². The molecule has 0 spiro atoms. The van der Waals surface area contributed by atoms with Crippen LogP contribution in [0.25, 0.3) is 0 Å². The molecule has 0 aliphatic carbocycles. The van der Waals surface area contributed by atoms with Crippen LogP contribution >= 0.6 is 11.6 Å². The van der Waals surface area contributed by atoms with E-state index in [0.717, 1.165) is 0 Å². The predicted molar refractivity (Wildman–Crippen MR) is 71.6 cm³/mol. The molecule has 104 valence electrons. The van der Waals surface area contributed by atoms with Crippen molar-refractivity contribution in [1.29, 1.82) is 0 Å². The topological polar surface area (TPSA) is 72.4 Å². The van der Waals surface area contributed by atoms with Crippen LogP contribution < -0.4 is 4.90 Å². The number of rotatable bonds is 6. The second kappa shape index (κ2) is 7.04. The Bertz CT molecular complexity index is 477. The largest absolute Gasteiger partial charge is 0.469 e. The lowest BCUT2D eigenvalue weighted by Crippen LogP contribution is -2.13. The Labute approximate surface area is 116 Å². The van der Waals surface area contributed by atoms with Gasteiger partial charge in [0.25, 0.3) is 0 Å². The van der Waals surface area contributed by atoms with E-state index in [0.29, 0.717) is 12.2 Å². The third-order valence-corrected chi connectivity index (χ3v) is 2.72. The van der Waals surface area contributed by atoms with Crippen molar-refractivity contribution in [3.63, 3.8) is 0 Å². The molecule has 0 unspecified atom stereocenters. The Morgan fingerprint density at radius 1 is 1.37 bits per heavy atom. The maximum Gasteiger partial charge on any atom is 0.305 e. The fourth-order valence-corrected chi connectivity index (χ4v) is 1.61. The molecule has 0 aromatic carbocycles. The van der Waals surface area contributed by atoms with Crippen LogP contribution in [0.15, 0.2) is 6.20 Å². The van der Waals surface area contributed by atoms with Crippen LogP contribution in [0.5, 0.6) is 0 Å². The summed E-state index contributed by atoms with van der Waals surface area (Å²) in [6, 6.07) is 0. The molecule has 19 heavy (non-hydrogen) atoms. The van der Waals surface area contributed by atoms with E-state index in [4.69, 9.17) is 11.6 Å². The van der Waals surface area contributed by atoms with Gasteiger partial charge in [-0.15, -0.1) is 0 Å². The Hall–Kier alpha value is -1.69. The van der Waals surface area contributed by atoms with Gasteiger partial charge in [-0.2, -0.15) is 0 Å². The average molecular weight is 286 g/mol. The van der Waals surface area contributed by atoms with Gasteiger partial charge in [0.1, 0.15) is 11.5 Å². The second-order valence-electron chi connectivity index (χ2n) is 4.11. The van der Waals surface area contributed by atoms with Crippen molar-refractivity contribution in [3.05, 3.63) is 17.0 Å². The van der Waals surface area contributed by atoms with Crippen LogP contribution in [0.3, 0.4) is 0 Å². The molecular weight excluding hydrogens is 270 g/mol. The minimum absolute atomic E-state index is 0.0780. The summed E-state index contributed by atoms with van der Waals surface area (Å²) in [4.78, 5) is 32.6. The number of hydrogen-bond donors (Lipinski definition) is 0. The number of Topliss-reactive ketones (excluding diaryl/α,β-unsaturated/α-hetero) is 1. The maximum atomic E-state index is 11.9. The van der Waals surface area contributed by atoms with E-state index in [1.165, 1.54) is 13.3 Å². The van der Waals surface area contributed by atoms with Crippen molar-refractivity contribution in [3.8, 4) is 0 Å². The lowest BCUT2D eigenvalue weighted by molar-refractivity contribution is -0.140. The summed E-state index contributed by atoms with van der Waals surface area (Å²) in [5, 5.41) is 0.0780. The first-order valence-corrected chi connectivity index (χ1v) is 6.13. The summed E-state index contributed by atoms with van der Waals surface area (Å²) >= 11 is 5.92. The fraction of sp³-hybridized carbons (Fsp3) is 0.500. The summed E-state index contributed by atoms with van der Waals surface area (Å²) in [6.45, 7) is 0. The number of ketones is 1. The molecule has 0 amide bonds. The lowest BCUT2D eigenvalue weighted by atomic mass is 10.1. The van der Waals surface area contributed by atoms with Crippen LogP contribution in [0, 0.1) is 0 Å². The second-order valence-corrected chi connectivity index (χ2v) is 4.47. The predicted octanol–water partition coefficient (Wildman–Crippen LogP) is 1.72. The molecule has 1 rings (SSSR count). The van der Waals surface area contributed by atoms with Crippen LogP contribution in [0.4, 0.5) is 5.82 Å². The number of methoxy groups -OCH3 is 1. The van der Waals surface area contributed by atoms with Gasteiger partial charge in [-0.1, -0.05) is 11.6 Å². The molecule has 0 fully saturated rings. The maximum absolute atomic E-state index is 11.9. The molecule has 0 N–H and O–H groups in total. The summed E-state index contributed by atoms with van der Waals surface area (Å²) in [7, 11) is 4.92. The lowest BCUT2D eigenvalue weighted by Gasteiger charge is -2.11. The number of ether oxygens (including phenoxy) is 1. The highest BCUT2D eigenvalue weighted by Gasteiger charge is 2.15. The smallest absolute Gasteiger partial charge is 0.305 e. The van der Waals surface area contributed by atoms with Gasteiger partial charge in [0.2, 0.25) is 0 Å². The average Bonchev–Trinajstić information content (AvgIpc) is 2.37. The van der Waals surface area contributed by atoms with E-state index in [1.54, 1.807) is 19.0 Å². The number of anilines is 1. The Kier molecular flexibility index (Phi) is 5.69. The molecule has 6 nitrogen and oxygen atoms in total. The van der Waals surface area contributed by atoms with E-state index in [9.17, 15) is 9.59 Å². The third-order valence-electron chi connectivity index (χ3n) is 2.45. The molecule has 1 aromatic rings. The fourth-order valence-electron chi connectivity index (χ4n) is 1.37. The van der Waals surface area contributed by atoms with Gasteiger partial charge in [0.05, 0.1) is 13.3 Å². The van der Waals surface area contributed by atoms with Gasteiger partial charge in [-0.05, 0) is 6.42 Å².